The number of hydrogen-bond donors (Lipinski definition) is 1. The second kappa shape index (κ2) is 9.75. The number of aromatic nitrogens is 4. The third-order valence-corrected chi connectivity index (χ3v) is 7.67. The van der Waals surface area contributed by atoms with Crippen molar-refractivity contribution < 1.29 is 4.39 Å². The van der Waals surface area contributed by atoms with Crippen LogP contribution < -0.4 is 10.2 Å². The highest BCUT2D eigenvalue weighted by molar-refractivity contribution is 7.22. The van der Waals surface area contributed by atoms with Gasteiger partial charge in [0, 0.05) is 36.1 Å². The maximum Gasteiger partial charge on any atom is 0.186 e. The molecule has 7 nitrogen and oxygen atoms in total. The van der Waals surface area contributed by atoms with Gasteiger partial charge in [0.15, 0.2) is 10.8 Å². The lowest BCUT2D eigenvalue weighted by atomic mass is 9.77. The smallest absolute Gasteiger partial charge is 0.186 e. The topological polar surface area (TPSA) is 82.1 Å². The van der Waals surface area contributed by atoms with Gasteiger partial charge in [0.2, 0.25) is 0 Å². The van der Waals surface area contributed by atoms with Crippen molar-refractivity contribution >= 4 is 57.1 Å². The molecule has 0 amide bonds. The van der Waals surface area contributed by atoms with Gasteiger partial charge in [-0.2, -0.15) is 5.26 Å². The third kappa shape index (κ3) is 4.88. The molecule has 5 rings (SSSR count). The van der Waals surface area contributed by atoms with Gasteiger partial charge in [-0.05, 0) is 53.2 Å². The Hall–Kier alpha value is -2.51. The van der Waals surface area contributed by atoms with Crippen molar-refractivity contribution in [1.29, 1.82) is 5.26 Å². The molecular weight excluding hydrogens is 520 g/mol. The van der Waals surface area contributed by atoms with Crippen molar-refractivity contribution in [2.45, 2.75) is 64.3 Å². The zero-order valence-corrected chi connectivity index (χ0v) is 23.5. The predicted octanol–water partition coefficient (Wildman–Crippen LogP) is 5.72. The molecule has 4 aromatic rings. The Morgan fingerprint density at radius 1 is 1.19 bits per heavy atom. The molecule has 0 unspecified atom stereocenters. The van der Waals surface area contributed by atoms with E-state index in [0.29, 0.717) is 17.6 Å². The molecule has 0 aromatic carbocycles. The van der Waals surface area contributed by atoms with E-state index in [9.17, 15) is 5.26 Å². The lowest BCUT2D eigenvalue weighted by Gasteiger charge is -2.51. The van der Waals surface area contributed by atoms with E-state index in [1.807, 2.05) is 61.6 Å². The largest absolute Gasteiger partial charge is 0.345 e. The summed E-state index contributed by atoms with van der Waals surface area (Å²) in [6.45, 7) is 9.97. The molecule has 192 valence electrons. The highest BCUT2D eigenvalue weighted by Gasteiger charge is 2.48. The molecule has 1 fully saturated rings. The maximum atomic E-state index is 15.5. The quantitative estimate of drug-likeness (QED) is 0.351. The minimum absolute atomic E-state index is 0. The first-order valence-electron chi connectivity index (χ1n) is 11.3. The number of anilines is 1. The summed E-state index contributed by atoms with van der Waals surface area (Å²) in [4.78, 5) is 15.8. The molecular formula is C25H30Cl2FN7S. The van der Waals surface area contributed by atoms with Crippen molar-refractivity contribution in [2.24, 2.45) is 0 Å². The number of nitriles is 1. The third-order valence-electron chi connectivity index (χ3n) is 6.56. The molecule has 0 aliphatic carbocycles. The zero-order chi connectivity index (χ0) is 24.4. The summed E-state index contributed by atoms with van der Waals surface area (Å²) in [6, 6.07) is 5.75. The summed E-state index contributed by atoms with van der Waals surface area (Å²) < 4.78 is 18.3. The molecule has 36 heavy (non-hydrogen) atoms. The molecule has 1 saturated heterocycles. The summed E-state index contributed by atoms with van der Waals surface area (Å²) in [7, 11) is 1.93. The Bertz CT molecular complexity index is 1460. The number of piperidine rings is 1. The predicted molar refractivity (Wildman–Crippen MR) is 149 cm³/mol. The van der Waals surface area contributed by atoms with Gasteiger partial charge < -0.3 is 14.6 Å². The first-order chi connectivity index (χ1) is 16.0. The fourth-order valence-electron chi connectivity index (χ4n) is 5.15. The van der Waals surface area contributed by atoms with Crippen LogP contribution in [0, 0.1) is 18.3 Å². The van der Waals surface area contributed by atoms with E-state index in [1.54, 1.807) is 6.20 Å². The highest BCUT2D eigenvalue weighted by Crippen LogP contribution is 2.38. The minimum Gasteiger partial charge on any atom is -0.345 e. The molecule has 1 N–H and O–H groups in total. The first kappa shape index (κ1) is 28.1. The summed E-state index contributed by atoms with van der Waals surface area (Å²) in [5.74, 6) is 0. The molecule has 0 saturated carbocycles. The lowest BCUT2D eigenvalue weighted by molar-refractivity contribution is 0.0568. The molecule has 0 spiro atoms. The van der Waals surface area contributed by atoms with Gasteiger partial charge in [0.25, 0.3) is 0 Å². The van der Waals surface area contributed by atoms with Crippen molar-refractivity contribution in [3.8, 4) is 17.3 Å². The SMILES string of the molecule is Cc1cn2cc(-c3cc4sc(N(C)[C@@H]5CC(C)(C)NC(C)(C)[C@@H]5F)nc4cn3)cc(C#N)c2n1.Cl.Cl. The molecule has 11 heteroatoms. The number of alkyl halides is 1. The van der Waals surface area contributed by atoms with Crippen LogP contribution in [-0.4, -0.2) is 49.7 Å². The first-order valence-corrected chi connectivity index (χ1v) is 12.1. The second-order valence-corrected chi connectivity index (χ2v) is 11.4. The van der Waals surface area contributed by atoms with Gasteiger partial charge in [0.05, 0.1) is 33.9 Å². The number of fused-ring (bicyclic) bond motifs is 2. The van der Waals surface area contributed by atoms with Crippen LogP contribution in [0.3, 0.4) is 0 Å². The summed E-state index contributed by atoms with van der Waals surface area (Å²) in [5.41, 5.74) is 3.54. The van der Waals surface area contributed by atoms with Gasteiger partial charge >= 0.3 is 0 Å². The van der Waals surface area contributed by atoms with E-state index in [-0.39, 0.29) is 36.4 Å². The van der Waals surface area contributed by atoms with E-state index in [4.69, 9.17) is 4.98 Å². The Balaban J connectivity index is 0.00000180. The zero-order valence-electron chi connectivity index (χ0n) is 21.0. The standard InChI is InChI=1S/C25H28FN7S.2ClH/c1-14-12-33-13-16(7-15(10-27)22(33)29-14)17-8-20-18(11-28-17)30-23(34-20)32(6)19-9-24(2,3)31-25(4,5)21(19)26;;/h7-8,11-13,19,21,31H,9H2,1-6H3;2*1H/t19-,21-;;/m1../s1. The van der Waals surface area contributed by atoms with Crippen LogP contribution in [0.5, 0.6) is 0 Å². The van der Waals surface area contributed by atoms with Gasteiger partial charge in [-0.25, -0.2) is 14.4 Å². The van der Waals surface area contributed by atoms with E-state index >= 15 is 4.39 Å². The maximum absolute atomic E-state index is 15.5. The Morgan fingerprint density at radius 3 is 2.61 bits per heavy atom. The van der Waals surface area contributed by atoms with Crippen LogP contribution in [0.4, 0.5) is 9.52 Å². The van der Waals surface area contributed by atoms with Crippen LogP contribution in [0.15, 0.2) is 30.7 Å². The number of aryl methyl sites for hydroxylation is 1. The van der Waals surface area contributed by atoms with Crippen molar-refractivity contribution in [3.63, 3.8) is 0 Å². The summed E-state index contributed by atoms with van der Waals surface area (Å²) in [5, 5.41) is 13.8. The van der Waals surface area contributed by atoms with Gasteiger partial charge in [0.1, 0.15) is 17.8 Å². The number of nitrogens with one attached hydrogen (secondary N) is 1. The number of nitrogens with zero attached hydrogens (tertiary/aromatic N) is 6. The number of hydrogen-bond acceptors (Lipinski definition) is 7. The summed E-state index contributed by atoms with van der Waals surface area (Å²) in [6.07, 6.45) is 5.21. The summed E-state index contributed by atoms with van der Waals surface area (Å²) >= 11 is 1.53. The van der Waals surface area contributed by atoms with Crippen LogP contribution >= 0.6 is 36.2 Å². The Morgan fingerprint density at radius 2 is 1.92 bits per heavy atom. The Kier molecular flexibility index (Phi) is 7.60. The van der Waals surface area contributed by atoms with E-state index in [0.717, 1.165) is 32.3 Å². The normalized spacial score (nSPS) is 20.4. The van der Waals surface area contributed by atoms with Gasteiger partial charge in [-0.3, -0.25) is 4.98 Å². The Labute approximate surface area is 226 Å². The fraction of sp³-hybridized carbons (Fsp3) is 0.440. The molecule has 1 aliphatic heterocycles. The fourth-order valence-corrected chi connectivity index (χ4v) is 6.14. The van der Waals surface area contributed by atoms with E-state index < -0.39 is 11.7 Å². The van der Waals surface area contributed by atoms with Gasteiger partial charge in [-0.15, -0.1) is 24.8 Å². The second-order valence-electron chi connectivity index (χ2n) is 10.4. The molecule has 5 heterocycles. The van der Waals surface area contributed by atoms with Crippen molar-refractivity contribution in [2.75, 3.05) is 11.9 Å². The lowest BCUT2D eigenvalue weighted by Crippen LogP contribution is -2.68. The molecule has 2 atom stereocenters. The monoisotopic (exact) mass is 549 g/mol. The molecule has 1 aliphatic rings. The minimum atomic E-state index is -1.04. The number of imidazole rings is 1. The van der Waals surface area contributed by atoms with Crippen LogP contribution in [0.2, 0.25) is 0 Å². The highest BCUT2D eigenvalue weighted by atomic mass is 35.5. The van der Waals surface area contributed by atoms with Gasteiger partial charge in [-0.1, -0.05) is 11.3 Å². The van der Waals surface area contributed by atoms with Crippen LogP contribution in [0.1, 0.15) is 45.4 Å². The number of pyridine rings is 2. The van der Waals surface area contributed by atoms with Crippen LogP contribution in [-0.2, 0) is 0 Å². The molecule has 4 aromatic heterocycles. The number of thiazole rings is 1. The van der Waals surface area contributed by atoms with Crippen molar-refractivity contribution in [3.05, 3.63) is 42.0 Å². The molecule has 0 bridgehead atoms. The van der Waals surface area contributed by atoms with Crippen LogP contribution in [0.25, 0.3) is 27.1 Å². The average molecular weight is 551 g/mol. The van der Waals surface area contributed by atoms with E-state index in [2.05, 4.69) is 35.2 Å². The van der Waals surface area contributed by atoms with Crippen molar-refractivity contribution in [1.82, 2.24) is 24.7 Å². The number of rotatable bonds is 3. The average Bonchev–Trinajstić information content (AvgIpc) is 3.36. The van der Waals surface area contributed by atoms with E-state index in [1.165, 1.54) is 11.3 Å². The molecule has 0 radical (unpaired) electrons. The number of halogens is 3.